The van der Waals surface area contributed by atoms with Gasteiger partial charge >= 0.3 is 0 Å². The summed E-state index contributed by atoms with van der Waals surface area (Å²) in [5.74, 6) is 0.575. The van der Waals surface area contributed by atoms with Gasteiger partial charge in [0.2, 0.25) is 5.88 Å². The summed E-state index contributed by atoms with van der Waals surface area (Å²) in [7, 11) is 1.60. The van der Waals surface area contributed by atoms with E-state index in [9.17, 15) is 0 Å². The molecule has 0 spiro atoms. The van der Waals surface area contributed by atoms with Gasteiger partial charge in [-0.25, -0.2) is 9.97 Å². The van der Waals surface area contributed by atoms with Crippen LogP contribution in [0.4, 0.5) is 0 Å². The first kappa shape index (κ1) is 13.3. The number of alkyl halides is 1. The highest BCUT2D eigenvalue weighted by molar-refractivity contribution is 7.10. The molecule has 1 atom stereocenters. The quantitative estimate of drug-likeness (QED) is 0.786. The van der Waals surface area contributed by atoms with Gasteiger partial charge in [0.15, 0.2) is 0 Å². The van der Waals surface area contributed by atoms with Gasteiger partial charge in [0.05, 0.1) is 12.5 Å². The smallest absolute Gasteiger partial charge is 0.216 e. The minimum atomic E-state index is -0.0421. The van der Waals surface area contributed by atoms with Crippen molar-refractivity contribution in [3.05, 3.63) is 40.0 Å². The second-order valence-corrected chi connectivity index (χ2v) is 5.36. The number of halogens is 1. The highest BCUT2D eigenvalue weighted by Crippen LogP contribution is 2.32. The lowest BCUT2D eigenvalue weighted by Gasteiger charge is -2.09. The maximum Gasteiger partial charge on any atom is 0.216 e. The molecule has 96 valence electrons. The van der Waals surface area contributed by atoms with E-state index >= 15 is 0 Å². The SMILES string of the molecule is CCc1ccsc1C(Cl)Cc1cc(OC)ncn1. The van der Waals surface area contributed by atoms with Crippen LogP contribution in [0.5, 0.6) is 5.88 Å². The van der Waals surface area contributed by atoms with Gasteiger partial charge in [0.1, 0.15) is 6.33 Å². The molecule has 0 saturated carbocycles. The largest absolute Gasteiger partial charge is 0.481 e. The lowest BCUT2D eigenvalue weighted by Crippen LogP contribution is -2.00. The Morgan fingerprint density at radius 3 is 3.00 bits per heavy atom. The van der Waals surface area contributed by atoms with E-state index < -0.39 is 0 Å². The Morgan fingerprint density at radius 2 is 2.28 bits per heavy atom. The molecule has 2 aromatic rings. The lowest BCUT2D eigenvalue weighted by atomic mass is 10.1. The van der Waals surface area contributed by atoms with Crippen molar-refractivity contribution >= 4 is 22.9 Å². The number of nitrogens with zero attached hydrogens (tertiary/aromatic N) is 2. The first-order chi connectivity index (χ1) is 8.74. The topological polar surface area (TPSA) is 35.0 Å². The van der Waals surface area contributed by atoms with E-state index in [2.05, 4.69) is 28.3 Å². The van der Waals surface area contributed by atoms with Gasteiger partial charge in [0.25, 0.3) is 0 Å². The van der Waals surface area contributed by atoms with Gasteiger partial charge in [0, 0.05) is 23.1 Å². The summed E-state index contributed by atoms with van der Waals surface area (Å²) in [6, 6.07) is 3.96. The van der Waals surface area contributed by atoms with Crippen LogP contribution in [0.15, 0.2) is 23.8 Å². The molecule has 0 N–H and O–H groups in total. The molecule has 0 aromatic carbocycles. The van der Waals surface area contributed by atoms with Crippen LogP contribution in [0, 0.1) is 0 Å². The van der Waals surface area contributed by atoms with E-state index in [-0.39, 0.29) is 5.38 Å². The van der Waals surface area contributed by atoms with E-state index in [1.807, 2.05) is 6.07 Å². The summed E-state index contributed by atoms with van der Waals surface area (Å²) < 4.78 is 5.08. The predicted molar refractivity (Wildman–Crippen MR) is 74.6 cm³/mol. The Morgan fingerprint density at radius 1 is 1.44 bits per heavy atom. The van der Waals surface area contributed by atoms with Crippen molar-refractivity contribution in [3.63, 3.8) is 0 Å². The summed E-state index contributed by atoms with van der Waals surface area (Å²) in [5, 5.41) is 2.05. The maximum atomic E-state index is 6.47. The van der Waals surface area contributed by atoms with Gasteiger partial charge in [-0.05, 0) is 23.4 Å². The summed E-state index contributed by atoms with van der Waals surface area (Å²) in [4.78, 5) is 9.44. The minimum Gasteiger partial charge on any atom is -0.481 e. The zero-order valence-electron chi connectivity index (χ0n) is 10.4. The summed E-state index contributed by atoms with van der Waals surface area (Å²) >= 11 is 8.18. The van der Waals surface area contributed by atoms with Gasteiger partial charge in [-0.1, -0.05) is 6.92 Å². The molecule has 5 heteroatoms. The second kappa shape index (κ2) is 6.16. The number of methoxy groups -OCH3 is 1. The Hall–Kier alpha value is -1.13. The fraction of sp³-hybridized carbons (Fsp3) is 0.385. The third kappa shape index (κ3) is 3.00. The average molecular weight is 283 g/mol. The van der Waals surface area contributed by atoms with Crippen LogP contribution in [0.1, 0.15) is 28.4 Å². The molecule has 2 heterocycles. The van der Waals surface area contributed by atoms with Crippen molar-refractivity contribution in [2.24, 2.45) is 0 Å². The van der Waals surface area contributed by atoms with Crippen LogP contribution in [0.2, 0.25) is 0 Å². The molecule has 0 aliphatic carbocycles. The fourth-order valence-electron chi connectivity index (χ4n) is 1.79. The van der Waals surface area contributed by atoms with Gasteiger partial charge in [-0.15, -0.1) is 22.9 Å². The number of aromatic nitrogens is 2. The molecule has 0 fully saturated rings. The number of hydrogen-bond acceptors (Lipinski definition) is 4. The normalized spacial score (nSPS) is 12.4. The number of aryl methyl sites for hydroxylation is 1. The number of hydrogen-bond donors (Lipinski definition) is 0. The van der Waals surface area contributed by atoms with E-state index in [0.717, 1.165) is 12.1 Å². The van der Waals surface area contributed by atoms with Crippen molar-refractivity contribution < 1.29 is 4.74 Å². The van der Waals surface area contributed by atoms with Gasteiger partial charge in [-0.2, -0.15) is 0 Å². The Labute approximate surface area is 116 Å². The standard InChI is InChI=1S/C13H15ClN2OS/c1-3-9-4-5-18-13(9)11(14)6-10-7-12(17-2)16-8-15-10/h4-5,7-8,11H,3,6H2,1-2H3. The first-order valence-electron chi connectivity index (χ1n) is 5.79. The Kier molecular flexibility index (Phi) is 4.55. The van der Waals surface area contributed by atoms with Crippen LogP contribution >= 0.6 is 22.9 Å². The second-order valence-electron chi connectivity index (χ2n) is 3.89. The Bertz CT molecular complexity index is 515. The molecule has 2 rings (SSSR count). The molecule has 3 nitrogen and oxygen atoms in total. The summed E-state index contributed by atoms with van der Waals surface area (Å²) in [5.41, 5.74) is 2.22. The average Bonchev–Trinajstić information content (AvgIpc) is 2.87. The zero-order chi connectivity index (χ0) is 13.0. The molecule has 1 unspecified atom stereocenters. The molecule has 18 heavy (non-hydrogen) atoms. The van der Waals surface area contributed by atoms with E-state index in [1.54, 1.807) is 18.4 Å². The van der Waals surface area contributed by atoms with Crippen molar-refractivity contribution in [2.75, 3.05) is 7.11 Å². The molecule has 0 radical (unpaired) electrons. The monoisotopic (exact) mass is 282 g/mol. The third-order valence-corrected chi connectivity index (χ3v) is 4.32. The molecule has 0 aliphatic heterocycles. The molecule has 2 aromatic heterocycles. The zero-order valence-corrected chi connectivity index (χ0v) is 12.0. The predicted octanol–water partition coefficient (Wildman–Crippen LogP) is 3.63. The maximum absolute atomic E-state index is 6.47. The van der Waals surface area contributed by atoms with Gasteiger partial charge in [-0.3, -0.25) is 0 Å². The Balaban J connectivity index is 2.13. The molecule has 0 bridgehead atoms. The highest BCUT2D eigenvalue weighted by atomic mass is 35.5. The molecular formula is C13H15ClN2OS. The number of rotatable bonds is 5. The van der Waals surface area contributed by atoms with Crippen LogP contribution < -0.4 is 4.74 Å². The fourth-order valence-corrected chi connectivity index (χ4v) is 3.22. The molecule has 0 amide bonds. The van der Waals surface area contributed by atoms with Crippen LogP contribution in [-0.4, -0.2) is 17.1 Å². The first-order valence-corrected chi connectivity index (χ1v) is 7.11. The van der Waals surface area contributed by atoms with Crippen molar-refractivity contribution in [1.29, 1.82) is 0 Å². The van der Waals surface area contributed by atoms with Crippen molar-refractivity contribution in [3.8, 4) is 5.88 Å². The number of thiophene rings is 1. The summed E-state index contributed by atoms with van der Waals surface area (Å²) in [6.45, 7) is 2.14. The lowest BCUT2D eigenvalue weighted by molar-refractivity contribution is 0.396. The van der Waals surface area contributed by atoms with E-state index in [0.29, 0.717) is 12.3 Å². The van der Waals surface area contributed by atoms with Crippen molar-refractivity contribution in [2.45, 2.75) is 25.1 Å². The van der Waals surface area contributed by atoms with E-state index in [1.165, 1.54) is 16.8 Å². The van der Waals surface area contributed by atoms with Crippen molar-refractivity contribution in [1.82, 2.24) is 9.97 Å². The van der Waals surface area contributed by atoms with E-state index in [4.69, 9.17) is 16.3 Å². The van der Waals surface area contributed by atoms with Crippen LogP contribution in [0.25, 0.3) is 0 Å². The molecular weight excluding hydrogens is 268 g/mol. The molecule has 0 saturated heterocycles. The number of ether oxygens (including phenoxy) is 1. The summed E-state index contributed by atoms with van der Waals surface area (Å²) in [6.07, 6.45) is 3.20. The van der Waals surface area contributed by atoms with Gasteiger partial charge < -0.3 is 4.74 Å². The van der Waals surface area contributed by atoms with Crippen LogP contribution in [-0.2, 0) is 12.8 Å². The third-order valence-electron chi connectivity index (χ3n) is 2.74. The minimum absolute atomic E-state index is 0.0421. The molecule has 0 aliphatic rings. The highest BCUT2D eigenvalue weighted by Gasteiger charge is 2.15. The van der Waals surface area contributed by atoms with Crippen LogP contribution in [0.3, 0.4) is 0 Å².